The summed E-state index contributed by atoms with van der Waals surface area (Å²) >= 11 is 0. The number of carbonyl (C=O) groups excluding carboxylic acids is 1. The summed E-state index contributed by atoms with van der Waals surface area (Å²) in [5, 5.41) is 12.8. The van der Waals surface area contributed by atoms with E-state index in [9.17, 15) is 9.90 Å². The fourth-order valence-corrected chi connectivity index (χ4v) is 1.91. The fraction of sp³-hybridized carbons (Fsp3) is 0.250. The minimum absolute atomic E-state index is 0.156. The van der Waals surface area contributed by atoms with Crippen molar-refractivity contribution in [3.63, 3.8) is 0 Å². The summed E-state index contributed by atoms with van der Waals surface area (Å²) in [4.78, 5) is 16.1. The van der Waals surface area contributed by atoms with E-state index < -0.39 is 12.0 Å². The molecule has 1 heterocycles. The Balaban J connectivity index is 2.02. The Hall–Kier alpha value is -2.20. The van der Waals surface area contributed by atoms with Crippen molar-refractivity contribution < 1.29 is 9.90 Å². The highest BCUT2D eigenvalue weighted by Crippen LogP contribution is 2.16. The lowest BCUT2D eigenvalue weighted by molar-refractivity contribution is -0.130. The van der Waals surface area contributed by atoms with Crippen LogP contribution in [0.2, 0.25) is 0 Å². The van der Waals surface area contributed by atoms with Crippen LogP contribution in [0.15, 0.2) is 48.7 Å². The monoisotopic (exact) mass is 270 g/mol. The van der Waals surface area contributed by atoms with Crippen LogP contribution in [0.25, 0.3) is 0 Å². The molecule has 1 amide bonds. The highest BCUT2D eigenvalue weighted by Gasteiger charge is 2.19. The average molecular weight is 270 g/mol. The van der Waals surface area contributed by atoms with Crippen molar-refractivity contribution in [3.05, 3.63) is 65.5 Å². The van der Waals surface area contributed by atoms with Gasteiger partial charge in [0.2, 0.25) is 0 Å². The summed E-state index contributed by atoms with van der Waals surface area (Å²) in [6.45, 7) is 3.74. The van der Waals surface area contributed by atoms with Crippen LogP contribution in [-0.2, 0) is 4.79 Å². The minimum Gasteiger partial charge on any atom is -0.378 e. The second-order valence-corrected chi connectivity index (χ2v) is 4.78. The molecule has 4 heteroatoms. The fourth-order valence-electron chi connectivity index (χ4n) is 1.91. The number of nitrogens with one attached hydrogen (secondary N) is 1. The van der Waals surface area contributed by atoms with Gasteiger partial charge in [-0.3, -0.25) is 9.78 Å². The van der Waals surface area contributed by atoms with E-state index in [-0.39, 0.29) is 6.04 Å². The van der Waals surface area contributed by atoms with Gasteiger partial charge in [0.25, 0.3) is 5.91 Å². The molecule has 0 aliphatic heterocycles. The molecule has 1 aromatic heterocycles. The van der Waals surface area contributed by atoms with Crippen LogP contribution in [0.5, 0.6) is 0 Å². The number of aryl methyl sites for hydroxylation is 1. The molecule has 20 heavy (non-hydrogen) atoms. The van der Waals surface area contributed by atoms with E-state index in [2.05, 4.69) is 10.3 Å². The van der Waals surface area contributed by atoms with Crippen molar-refractivity contribution in [2.75, 3.05) is 0 Å². The Labute approximate surface area is 118 Å². The minimum atomic E-state index is -1.20. The summed E-state index contributed by atoms with van der Waals surface area (Å²) in [5.41, 5.74) is 2.34. The predicted molar refractivity (Wildman–Crippen MR) is 76.9 cm³/mol. The Morgan fingerprint density at radius 3 is 2.45 bits per heavy atom. The number of amides is 1. The SMILES string of the molecule is Cc1ccc(C(O)C(=O)N[C@H](C)c2ccccc2)cn1. The van der Waals surface area contributed by atoms with Crippen LogP contribution in [0.4, 0.5) is 0 Å². The molecule has 0 saturated carbocycles. The molecule has 0 bridgehead atoms. The average Bonchev–Trinajstić information content (AvgIpc) is 2.48. The summed E-state index contributed by atoms with van der Waals surface area (Å²) in [5.74, 6) is -0.424. The second-order valence-electron chi connectivity index (χ2n) is 4.78. The van der Waals surface area contributed by atoms with Crippen molar-refractivity contribution in [1.82, 2.24) is 10.3 Å². The maximum Gasteiger partial charge on any atom is 0.254 e. The van der Waals surface area contributed by atoms with E-state index in [0.29, 0.717) is 5.56 Å². The quantitative estimate of drug-likeness (QED) is 0.896. The third kappa shape index (κ3) is 3.42. The summed E-state index contributed by atoms with van der Waals surface area (Å²) in [6.07, 6.45) is 0.321. The molecule has 1 unspecified atom stereocenters. The first kappa shape index (κ1) is 14.2. The zero-order valence-electron chi connectivity index (χ0n) is 11.6. The highest BCUT2D eigenvalue weighted by atomic mass is 16.3. The molecule has 104 valence electrons. The van der Waals surface area contributed by atoms with E-state index in [1.165, 1.54) is 6.20 Å². The topological polar surface area (TPSA) is 62.2 Å². The van der Waals surface area contributed by atoms with Crippen molar-refractivity contribution in [1.29, 1.82) is 0 Å². The van der Waals surface area contributed by atoms with Crippen molar-refractivity contribution >= 4 is 5.91 Å². The van der Waals surface area contributed by atoms with Crippen LogP contribution < -0.4 is 5.32 Å². The maximum absolute atomic E-state index is 12.0. The van der Waals surface area contributed by atoms with Gasteiger partial charge in [-0.2, -0.15) is 0 Å². The zero-order chi connectivity index (χ0) is 14.5. The number of carbonyl (C=O) groups is 1. The van der Waals surface area contributed by atoms with E-state index in [0.717, 1.165) is 11.3 Å². The van der Waals surface area contributed by atoms with Crippen LogP contribution in [-0.4, -0.2) is 16.0 Å². The number of benzene rings is 1. The normalized spacial score (nSPS) is 13.6. The number of rotatable bonds is 4. The Kier molecular flexibility index (Phi) is 4.48. The van der Waals surface area contributed by atoms with Gasteiger partial charge in [0.05, 0.1) is 6.04 Å². The van der Waals surface area contributed by atoms with Crippen LogP contribution in [0, 0.1) is 6.92 Å². The third-order valence-corrected chi connectivity index (χ3v) is 3.16. The first-order valence-corrected chi connectivity index (χ1v) is 6.54. The molecule has 2 aromatic rings. The van der Waals surface area contributed by atoms with E-state index >= 15 is 0 Å². The van der Waals surface area contributed by atoms with Gasteiger partial charge in [-0.15, -0.1) is 0 Å². The molecule has 2 rings (SSSR count). The smallest absolute Gasteiger partial charge is 0.254 e. The number of nitrogens with zero attached hydrogens (tertiary/aromatic N) is 1. The number of hydrogen-bond acceptors (Lipinski definition) is 3. The number of aromatic nitrogens is 1. The summed E-state index contributed by atoms with van der Waals surface area (Å²) in [7, 11) is 0. The van der Waals surface area contributed by atoms with Gasteiger partial charge in [-0.25, -0.2) is 0 Å². The molecule has 4 nitrogen and oxygen atoms in total. The van der Waals surface area contributed by atoms with Gasteiger partial charge < -0.3 is 10.4 Å². The molecular weight excluding hydrogens is 252 g/mol. The highest BCUT2D eigenvalue weighted by molar-refractivity contribution is 5.82. The molecule has 0 radical (unpaired) electrons. The first-order chi connectivity index (χ1) is 9.58. The lowest BCUT2D eigenvalue weighted by Gasteiger charge is -2.17. The molecule has 0 spiro atoms. The van der Waals surface area contributed by atoms with Gasteiger partial charge in [0, 0.05) is 17.5 Å². The van der Waals surface area contributed by atoms with E-state index in [4.69, 9.17) is 0 Å². The molecule has 1 aromatic carbocycles. The van der Waals surface area contributed by atoms with Crippen LogP contribution in [0.1, 0.15) is 35.9 Å². The number of pyridine rings is 1. The summed E-state index contributed by atoms with van der Waals surface area (Å²) in [6, 6.07) is 12.9. The predicted octanol–water partition coefficient (Wildman–Crippen LogP) is 2.30. The van der Waals surface area contributed by atoms with Crippen molar-refractivity contribution in [2.45, 2.75) is 26.0 Å². The van der Waals surface area contributed by atoms with Crippen LogP contribution >= 0.6 is 0 Å². The Morgan fingerprint density at radius 2 is 1.85 bits per heavy atom. The molecular formula is C16H18N2O2. The molecule has 0 fully saturated rings. The van der Waals surface area contributed by atoms with Gasteiger partial charge in [0.15, 0.2) is 6.10 Å². The second kappa shape index (κ2) is 6.30. The first-order valence-electron chi connectivity index (χ1n) is 6.54. The molecule has 0 saturated heterocycles. The Morgan fingerprint density at radius 1 is 1.15 bits per heavy atom. The number of hydrogen-bond donors (Lipinski definition) is 2. The lowest BCUT2D eigenvalue weighted by atomic mass is 10.1. The Bertz CT molecular complexity index is 567. The van der Waals surface area contributed by atoms with E-state index in [1.54, 1.807) is 12.1 Å². The largest absolute Gasteiger partial charge is 0.378 e. The maximum atomic E-state index is 12.0. The lowest BCUT2D eigenvalue weighted by Crippen LogP contribution is -2.31. The van der Waals surface area contributed by atoms with Crippen molar-refractivity contribution in [2.24, 2.45) is 0 Å². The van der Waals surface area contributed by atoms with Crippen molar-refractivity contribution in [3.8, 4) is 0 Å². The van der Waals surface area contributed by atoms with E-state index in [1.807, 2.05) is 44.2 Å². The third-order valence-electron chi connectivity index (χ3n) is 3.16. The van der Waals surface area contributed by atoms with Gasteiger partial charge in [-0.1, -0.05) is 36.4 Å². The molecule has 0 aliphatic carbocycles. The standard InChI is InChI=1S/C16H18N2O2/c1-11-8-9-14(10-17-11)15(19)16(20)18-12(2)13-6-4-3-5-7-13/h3-10,12,15,19H,1-2H3,(H,18,20)/t12-,15?/m1/s1. The van der Waals surface area contributed by atoms with Gasteiger partial charge in [-0.05, 0) is 25.5 Å². The number of aliphatic hydroxyl groups is 1. The number of aliphatic hydroxyl groups excluding tert-OH is 1. The van der Waals surface area contributed by atoms with Gasteiger partial charge >= 0.3 is 0 Å². The summed E-state index contributed by atoms with van der Waals surface area (Å²) < 4.78 is 0. The van der Waals surface area contributed by atoms with Crippen LogP contribution in [0.3, 0.4) is 0 Å². The molecule has 2 N–H and O–H groups in total. The zero-order valence-corrected chi connectivity index (χ0v) is 11.6. The van der Waals surface area contributed by atoms with Gasteiger partial charge in [0.1, 0.15) is 0 Å². The molecule has 0 aliphatic rings. The molecule has 2 atom stereocenters.